The predicted molar refractivity (Wildman–Crippen MR) is 76.5 cm³/mol. The van der Waals surface area contributed by atoms with Crippen LogP contribution in [0.5, 0.6) is 5.75 Å². The van der Waals surface area contributed by atoms with Crippen molar-refractivity contribution in [1.82, 2.24) is 0 Å². The SMILES string of the molecule is COc1ccc(C(=O)Nc2c(C)cccc2F)cc1N. The molecule has 0 aliphatic carbocycles. The second kappa shape index (κ2) is 5.61. The van der Waals surface area contributed by atoms with Crippen LogP contribution < -0.4 is 15.8 Å². The highest BCUT2D eigenvalue weighted by molar-refractivity contribution is 6.05. The monoisotopic (exact) mass is 274 g/mol. The van der Waals surface area contributed by atoms with Gasteiger partial charge in [-0.25, -0.2) is 4.39 Å². The Labute approximate surface area is 116 Å². The quantitative estimate of drug-likeness (QED) is 0.846. The first kappa shape index (κ1) is 13.9. The summed E-state index contributed by atoms with van der Waals surface area (Å²) in [6.07, 6.45) is 0. The summed E-state index contributed by atoms with van der Waals surface area (Å²) in [5.74, 6) is -0.406. The van der Waals surface area contributed by atoms with Gasteiger partial charge in [0.25, 0.3) is 5.91 Å². The number of anilines is 2. The van der Waals surface area contributed by atoms with E-state index in [2.05, 4.69) is 5.32 Å². The van der Waals surface area contributed by atoms with E-state index in [1.807, 2.05) is 0 Å². The van der Waals surface area contributed by atoms with Crippen LogP contribution >= 0.6 is 0 Å². The lowest BCUT2D eigenvalue weighted by molar-refractivity contribution is 0.102. The molecule has 3 N–H and O–H groups in total. The van der Waals surface area contributed by atoms with Gasteiger partial charge in [0.05, 0.1) is 18.5 Å². The number of nitrogens with one attached hydrogen (secondary N) is 1. The Morgan fingerprint density at radius 3 is 2.65 bits per heavy atom. The summed E-state index contributed by atoms with van der Waals surface area (Å²) >= 11 is 0. The van der Waals surface area contributed by atoms with Crippen LogP contribution in [0.2, 0.25) is 0 Å². The Morgan fingerprint density at radius 1 is 1.30 bits per heavy atom. The summed E-state index contributed by atoms with van der Waals surface area (Å²) in [5.41, 5.74) is 7.26. The highest BCUT2D eigenvalue weighted by Gasteiger charge is 2.12. The van der Waals surface area contributed by atoms with Gasteiger partial charge in [-0.3, -0.25) is 4.79 Å². The van der Waals surface area contributed by atoms with Crippen LogP contribution in [-0.2, 0) is 0 Å². The largest absolute Gasteiger partial charge is 0.495 e. The van der Waals surface area contributed by atoms with Gasteiger partial charge in [-0.15, -0.1) is 0 Å². The summed E-state index contributed by atoms with van der Waals surface area (Å²) in [6.45, 7) is 1.72. The van der Waals surface area contributed by atoms with Crippen LogP contribution in [0, 0.1) is 12.7 Å². The van der Waals surface area contributed by atoms with Crippen LogP contribution in [-0.4, -0.2) is 13.0 Å². The van der Waals surface area contributed by atoms with E-state index in [0.29, 0.717) is 22.6 Å². The minimum atomic E-state index is -0.472. The number of amides is 1. The van der Waals surface area contributed by atoms with Gasteiger partial charge in [0, 0.05) is 5.56 Å². The molecule has 4 nitrogen and oxygen atoms in total. The lowest BCUT2D eigenvalue weighted by atomic mass is 10.1. The molecule has 2 aromatic carbocycles. The summed E-state index contributed by atoms with van der Waals surface area (Å²) in [6, 6.07) is 9.27. The molecule has 0 aliphatic heterocycles. The summed E-state index contributed by atoms with van der Waals surface area (Å²) < 4.78 is 18.7. The molecule has 0 aliphatic rings. The van der Waals surface area contributed by atoms with Gasteiger partial charge in [-0.1, -0.05) is 12.1 Å². The van der Waals surface area contributed by atoms with Gasteiger partial charge in [0.2, 0.25) is 0 Å². The lowest BCUT2D eigenvalue weighted by Gasteiger charge is -2.10. The molecule has 0 saturated carbocycles. The fraction of sp³-hybridized carbons (Fsp3) is 0.133. The average Bonchev–Trinajstić information content (AvgIpc) is 2.42. The molecule has 2 aromatic rings. The minimum Gasteiger partial charge on any atom is -0.495 e. The van der Waals surface area contributed by atoms with Gasteiger partial charge in [0.1, 0.15) is 11.6 Å². The summed E-state index contributed by atoms with van der Waals surface area (Å²) in [7, 11) is 1.49. The van der Waals surface area contributed by atoms with Crippen molar-refractivity contribution < 1.29 is 13.9 Å². The Balaban J connectivity index is 2.26. The molecule has 0 spiro atoms. The number of carbonyl (C=O) groups excluding carboxylic acids is 1. The van der Waals surface area contributed by atoms with E-state index in [1.165, 1.54) is 19.2 Å². The van der Waals surface area contributed by atoms with Crippen LogP contribution in [0.4, 0.5) is 15.8 Å². The molecule has 0 heterocycles. The molecule has 5 heteroatoms. The van der Waals surface area contributed by atoms with Crippen molar-refractivity contribution in [2.75, 3.05) is 18.2 Å². The lowest BCUT2D eigenvalue weighted by Crippen LogP contribution is -2.14. The zero-order valence-electron chi connectivity index (χ0n) is 11.2. The first-order valence-electron chi connectivity index (χ1n) is 6.03. The third-order valence-electron chi connectivity index (χ3n) is 2.95. The Kier molecular flexibility index (Phi) is 3.89. The van der Waals surface area contributed by atoms with E-state index in [4.69, 9.17) is 10.5 Å². The maximum Gasteiger partial charge on any atom is 0.255 e. The van der Waals surface area contributed by atoms with Crippen molar-refractivity contribution in [1.29, 1.82) is 0 Å². The normalized spacial score (nSPS) is 10.2. The Bertz CT molecular complexity index is 636. The smallest absolute Gasteiger partial charge is 0.255 e. The molecule has 0 fully saturated rings. The third kappa shape index (κ3) is 2.71. The second-order valence-corrected chi connectivity index (χ2v) is 4.34. The first-order chi connectivity index (χ1) is 9.52. The van der Waals surface area contributed by atoms with Gasteiger partial charge in [-0.2, -0.15) is 0 Å². The number of hydrogen-bond acceptors (Lipinski definition) is 3. The number of hydrogen-bond donors (Lipinski definition) is 2. The first-order valence-corrected chi connectivity index (χ1v) is 6.03. The molecule has 0 atom stereocenters. The highest BCUT2D eigenvalue weighted by Crippen LogP contribution is 2.24. The number of para-hydroxylation sites is 1. The van der Waals surface area contributed by atoms with Gasteiger partial charge < -0.3 is 15.8 Å². The molecule has 2 rings (SSSR count). The zero-order chi connectivity index (χ0) is 14.7. The highest BCUT2D eigenvalue weighted by atomic mass is 19.1. The third-order valence-corrected chi connectivity index (χ3v) is 2.95. The molecule has 0 aromatic heterocycles. The molecular weight excluding hydrogens is 259 g/mol. The van der Waals surface area contributed by atoms with E-state index in [9.17, 15) is 9.18 Å². The zero-order valence-corrected chi connectivity index (χ0v) is 11.2. The number of rotatable bonds is 3. The summed E-state index contributed by atoms with van der Waals surface area (Å²) in [5, 5.41) is 2.55. The van der Waals surface area contributed by atoms with Crippen molar-refractivity contribution in [2.45, 2.75) is 6.92 Å². The molecule has 104 valence electrons. The van der Waals surface area contributed by atoms with E-state index in [0.717, 1.165) is 0 Å². The number of halogens is 1. The van der Waals surface area contributed by atoms with Gasteiger partial charge >= 0.3 is 0 Å². The maximum absolute atomic E-state index is 13.7. The standard InChI is InChI=1S/C15H15FN2O2/c1-9-4-3-5-11(16)14(9)18-15(19)10-6-7-13(20-2)12(17)8-10/h3-8H,17H2,1-2H3,(H,18,19). The molecule has 0 bridgehead atoms. The number of ether oxygens (including phenoxy) is 1. The average molecular weight is 274 g/mol. The van der Waals surface area contributed by atoms with Crippen LogP contribution in [0.25, 0.3) is 0 Å². The Hall–Kier alpha value is -2.56. The number of methoxy groups -OCH3 is 1. The second-order valence-electron chi connectivity index (χ2n) is 4.34. The predicted octanol–water partition coefficient (Wildman–Crippen LogP) is 2.98. The van der Waals surface area contributed by atoms with Crippen LogP contribution in [0.3, 0.4) is 0 Å². The molecule has 0 saturated heterocycles. The number of carbonyl (C=O) groups is 1. The van der Waals surface area contributed by atoms with Crippen LogP contribution in [0.1, 0.15) is 15.9 Å². The molecule has 0 radical (unpaired) electrons. The number of benzene rings is 2. The maximum atomic E-state index is 13.7. The molecule has 0 unspecified atom stereocenters. The Morgan fingerprint density at radius 2 is 2.05 bits per heavy atom. The van der Waals surface area contributed by atoms with Crippen LogP contribution in [0.15, 0.2) is 36.4 Å². The number of nitrogens with two attached hydrogens (primary N) is 1. The minimum absolute atomic E-state index is 0.173. The van der Waals surface area contributed by atoms with Gasteiger partial charge in [0.15, 0.2) is 0 Å². The van der Waals surface area contributed by atoms with Crippen molar-refractivity contribution in [3.05, 3.63) is 53.3 Å². The van der Waals surface area contributed by atoms with Crippen molar-refractivity contribution >= 4 is 17.3 Å². The van der Waals surface area contributed by atoms with Crippen molar-refractivity contribution in [3.63, 3.8) is 0 Å². The molecule has 20 heavy (non-hydrogen) atoms. The number of aryl methyl sites for hydroxylation is 1. The molecule has 1 amide bonds. The van der Waals surface area contributed by atoms with E-state index in [1.54, 1.807) is 31.2 Å². The topological polar surface area (TPSA) is 64.3 Å². The van der Waals surface area contributed by atoms with Crippen molar-refractivity contribution in [3.8, 4) is 5.75 Å². The summed E-state index contributed by atoms with van der Waals surface area (Å²) in [4.78, 5) is 12.1. The van der Waals surface area contributed by atoms with E-state index in [-0.39, 0.29) is 5.69 Å². The fourth-order valence-corrected chi connectivity index (χ4v) is 1.85. The van der Waals surface area contributed by atoms with Crippen molar-refractivity contribution in [2.24, 2.45) is 0 Å². The number of nitrogen functional groups attached to an aromatic ring is 1. The molecular formula is C15H15FN2O2. The van der Waals surface area contributed by atoms with E-state index >= 15 is 0 Å². The van der Waals surface area contributed by atoms with E-state index < -0.39 is 11.7 Å². The van der Waals surface area contributed by atoms with Gasteiger partial charge in [-0.05, 0) is 36.8 Å². The fourth-order valence-electron chi connectivity index (χ4n) is 1.85.